The molecule has 5 amide bonds. The van der Waals surface area contributed by atoms with E-state index in [1.54, 1.807) is 24.8 Å². The number of imide groups is 1. The fourth-order valence-corrected chi connectivity index (χ4v) is 4.94. The first kappa shape index (κ1) is 28.3. The number of hydrogen-bond donors (Lipinski definition) is 2. The van der Waals surface area contributed by atoms with Crippen molar-refractivity contribution >= 4 is 40.9 Å². The molecule has 5 rings (SSSR count). The lowest BCUT2D eigenvalue weighted by molar-refractivity contribution is -0.274. The molecule has 2 fully saturated rings. The third kappa shape index (κ3) is 5.81. The van der Waals surface area contributed by atoms with Crippen LogP contribution in [0.1, 0.15) is 25.0 Å². The molecule has 2 aromatic rings. The van der Waals surface area contributed by atoms with Gasteiger partial charge in [0.2, 0.25) is 11.8 Å². The lowest BCUT2D eigenvalue weighted by Gasteiger charge is -2.28. The molecule has 41 heavy (non-hydrogen) atoms. The van der Waals surface area contributed by atoms with Gasteiger partial charge >= 0.3 is 12.4 Å². The molecule has 2 saturated heterocycles. The number of halogens is 3. The van der Waals surface area contributed by atoms with Crippen molar-refractivity contribution in [3.63, 3.8) is 0 Å². The van der Waals surface area contributed by atoms with E-state index in [1.807, 2.05) is 0 Å². The van der Waals surface area contributed by atoms with Gasteiger partial charge in [0.15, 0.2) is 5.75 Å². The highest BCUT2D eigenvalue weighted by molar-refractivity contribution is 6.23. The lowest BCUT2D eigenvalue weighted by Crippen LogP contribution is -2.43. The van der Waals surface area contributed by atoms with Crippen LogP contribution in [0.15, 0.2) is 30.5 Å². The standard InChI is InChI=1S/C26H27F3N6O6/c1-25(2)23(38)35(24(39)34(25)13-15-5-6-30-22-17(15)12-20(36)32-22)16-3-4-19(41-26(27,28)29)18(11-16)31-21(37)14-33-7-9-40-10-8-33/h3-6,11H,7-10,12-14H2,1-2H3,(H,31,37)(H,30,32,36). The zero-order valence-corrected chi connectivity index (χ0v) is 22.2. The summed E-state index contributed by atoms with van der Waals surface area (Å²) in [5.41, 5.74) is -0.514. The number of benzene rings is 1. The number of fused-ring (bicyclic) bond motifs is 1. The minimum Gasteiger partial charge on any atom is -0.404 e. The Morgan fingerprint density at radius 3 is 2.61 bits per heavy atom. The van der Waals surface area contributed by atoms with Crippen LogP contribution in [0.2, 0.25) is 0 Å². The Morgan fingerprint density at radius 1 is 1.17 bits per heavy atom. The van der Waals surface area contributed by atoms with E-state index in [0.717, 1.165) is 23.1 Å². The molecule has 0 atom stereocenters. The van der Waals surface area contributed by atoms with E-state index in [4.69, 9.17) is 4.74 Å². The van der Waals surface area contributed by atoms with Gasteiger partial charge in [-0.3, -0.25) is 19.3 Å². The van der Waals surface area contributed by atoms with Gasteiger partial charge in [-0.15, -0.1) is 13.2 Å². The molecule has 1 aromatic carbocycles. The molecule has 0 unspecified atom stereocenters. The zero-order chi connectivity index (χ0) is 29.5. The molecule has 218 valence electrons. The van der Waals surface area contributed by atoms with Crippen LogP contribution in [-0.4, -0.2) is 83.3 Å². The number of carbonyl (C=O) groups excluding carboxylic acids is 4. The highest BCUT2D eigenvalue weighted by Gasteiger charge is 2.52. The first-order valence-corrected chi connectivity index (χ1v) is 12.8. The molecule has 15 heteroatoms. The van der Waals surface area contributed by atoms with Crippen LogP contribution in [0.5, 0.6) is 5.75 Å². The summed E-state index contributed by atoms with van der Waals surface area (Å²) in [7, 11) is 0. The van der Waals surface area contributed by atoms with Crippen molar-refractivity contribution in [1.29, 1.82) is 0 Å². The predicted octanol–water partition coefficient (Wildman–Crippen LogP) is 2.49. The van der Waals surface area contributed by atoms with E-state index in [0.29, 0.717) is 43.2 Å². The highest BCUT2D eigenvalue weighted by Crippen LogP contribution is 2.39. The first-order chi connectivity index (χ1) is 19.3. The molecule has 0 saturated carbocycles. The van der Waals surface area contributed by atoms with Crippen LogP contribution in [0.4, 0.5) is 35.2 Å². The van der Waals surface area contributed by atoms with Crippen LogP contribution in [0.25, 0.3) is 0 Å². The molecule has 0 spiro atoms. The number of ether oxygens (including phenoxy) is 2. The van der Waals surface area contributed by atoms with Gasteiger partial charge in [-0.05, 0) is 43.7 Å². The Hall–Kier alpha value is -4.24. The van der Waals surface area contributed by atoms with Gasteiger partial charge in [-0.2, -0.15) is 0 Å². The van der Waals surface area contributed by atoms with Crippen molar-refractivity contribution in [1.82, 2.24) is 14.8 Å². The van der Waals surface area contributed by atoms with Crippen LogP contribution < -0.4 is 20.3 Å². The summed E-state index contributed by atoms with van der Waals surface area (Å²) < 4.78 is 48.7. The Bertz CT molecular complexity index is 1410. The van der Waals surface area contributed by atoms with E-state index >= 15 is 0 Å². The lowest BCUT2D eigenvalue weighted by atomic mass is 10.0. The smallest absolute Gasteiger partial charge is 0.404 e. The molecular formula is C26H27F3N6O6. The minimum atomic E-state index is -5.05. The molecule has 0 bridgehead atoms. The second-order valence-corrected chi connectivity index (χ2v) is 10.3. The maximum Gasteiger partial charge on any atom is 0.573 e. The maximum absolute atomic E-state index is 13.6. The van der Waals surface area contributed by atoms with Gasteiger partial charge in [0.1, 0.15) is 11.4 Å². The normalized spacial score (nSPS) is 18.9. The number of anilines is 3. The zero-order valence-electron chi connectivity index (χ0n) is 22.2. The number of morpholine rings is 1. The Balaban J connectivity index is 1.42. The second-order valence-electron chi connectivity index (χ2n) is 10.3. The molecule has 0 radical (unpaired) electrons. The highest BCUT2D eigenvalue weighted by atomic mass is 19.4. The van der Waals surface area contributed by atoms with E-state index in [9.17, 15) is 32.3 Å². The number of pyridine rings is 1. The largest absolute Gasteiger partial charge is 0.573 e. The van der Waals surface area contributed by atoms with Gasteiger partial charge in [0.25, 0.3) is 5.91 Å². The molecule has 3 aliphatic rings. The Kier molecular flexibility index (Phi) is 7.33. The number of alkyl halides is 3. The van der Waals surface area contributed by atoms with Gasteiger partial charge in [0.05, 0.1) is 37.6 Å². The van der Waals surface area contributed by atoms with E-state index in [1.165, 1.54) is 11.1 Å². The van der Waals surface area contributed by atoms with Crippen molar-refractivity contribution in [2.75, 3.05) is 48.4 Å². The van der Waals surface area contributed by atoms with Crippen molar-refractivity contribution < 1.29 is 41.8 Å². The average Bonchev–Trinajstić information content (AvgIpc) is 3.35. The number of rotatable bonds is 7. The summed E-state index contributed by atoms with van der Waals surface area (Å²) in [6.07, 6.45) is -3.49. The first-order valence-electron chi connectivity index (χ1n) is 12.8. The SMILES string of the molecule is CC1(C)C(=O)N(c2ccc(OC(F)(F)F)c(NC(=O)CN3CCOCC3)c2)C(=O)N1Cc1ccnc2c1CC(=O)N2. The second kappa shape index (κ2) is 10.6. The third-order valence-electron chi connectivity index (χ3n) is 7.09. The number of nitrogens with one attached hydrogen (secondary N) is 2. The summed E-state index contributed by atoms with van der Waals surface area (Å²) in [6.45, 7) is 4.77. The maximum atomic E-state index is 13.6. The average molecular weight is 577 g/mol. The minimum absolute atomic E-state index is 0.0215. The Morgan fingerprint density at radius 2 is 1.90 bits per heavy atom. The molecule has 2 N–H and O–H groups in total. The van der Waals surface area contributed by atoms with Crippen molar-refractivity contribution in [3.8, 4) is 5.75 Å². The van der Waals surface area contributed by atoms with Crippen LogP contribution in [0, 0.1) is 0 Å². The fraction of sp³-hybridized carbons (Fsp3) is 0.423. The van der Waals surface area contributed by atoms with E-state index < -0.39 is 35.5 Å². The quantitative estimate of drug-likeness (QED) is 0.481. The molecule has 4 heterocycles. The molecule has 3 aliphatic heterocycles. The number of aromatic nitrogens is 1. The van der Waals surface area contributed by atoms with E-state index in [2.05, 4.69) is 20.4 Å². The van der Waals surface area contributed by atoms with Crippen LogP contribution >= 0.6 is 0 Å². The summed E-state index contributed by atoms with van der Waals surface area (Å²) in [5.74, 6) is -1.78. The summed E-state index contributed by atoms with van der Waals surface area (Å²) in [4.78, 5) is 59.8. The number of amides is 5. The Labute approximate surface area is 232 Å². The van der Waals surface area contributed by atoms with Crippen molar-refractivity contribution in [2.45, 2.75) is 38.7 Å². The molecule has 1 aromatic heterocycles. The van der Waals surface area contributed by atoms with Gasteiger partial charge < -0.3 is 25.0 Å². The summed E-state index contributed by atoms with van der Waals surface area (Å²) >= 11 is 0. The third-order valence-corrected chi connectivity index (χ3v) is 7.09. The van der Waals surface area contributed by atoms with Gasteiger partial charge in [-0.25, -0.2) is 14.7 Å². The van der Waals surface area contributed by atoms with Gasteiger partial charge in [0, 0.05) is 31.4 Å². The molecular weight excluding hydrogens is 549 g/mol. The van der Waals surface area contributed by atoms with Crippen molar-refractivity contribution in [2.24, 2.45) is 0 Å². The molecule has 0 aliphatic carbocycles. The number of hydrogen-bond acceptors (Lipinski definition) is 8. The predicted molar refractivity (Wildman–Crippen MR) is 138 cm³/mol. The summed E-state index contributed by atoms with van der Waals surface area (Å²) in [6, 6.07) is 4.11. The number of urea groups is 1. The van der Waals surface area contributed by atoms with Crippen molar-refractivity contribution in [3.05, 3.63) is 41.6 Å². The number of carbonyl (C=O) groups is 4. The number of nitrogens with zero attached hydrogens (tertiary/aromatic N) is 4. The topological polar surface area (TPSA) is 133 Å². The monoisotopic (exact) mass is 576 g/mol. The van der Waals surface area contributed by atoms with Crippen LogP contribution in [0.3, 0.4) is 0 Å². The van der Waals surface area contributed by atoms with Gasteiger partial charge in [-0.1, -0.05) is 0 Å². The molecule has 12 nitrogen and oxygen atoms in total. The van der Waals surface area contributed by atoms with Crippen LogP contribution in [-0.2, 0) is 32.1 Å². The fourth-order valence-electron chi connectivity index (χ4n) is 4.94. The summed E-state index contributed by atoms with van der Waals surface area (Å²) in [5, 5.41) is 5.06. The van der Waals surface area contributed by atoms with E-state index in [-0.39, 0.29) is 36.8 Å².